The summed E-state index contributed by atoms with van der Waals surface area (Å²) in [4.78, 5) is 4.62. The molecule has 0 aliphatic heterocycles. The molecular formula is C18H30IN3O3. The second kappa shape index (κ2) is 11.4. The van der Waals surface area contributed by atoms with E-state index < -0.39 is 0 Å². The van der Waals surface area contributed by atoms with Gasteiger partial charge in [0.2, 0.25) is 0 Å². The molecule has 1 aliphatic rings. The van der Waals surface area contributed by atoms with Gasteiger partial charge in [0, 0.05) is 30.8 Å². The van der Waals surface area contributed by atoms with E-state index >= 15 is 0 Å². The predicted octanol–water partition coefficient (Wildman–Crippen LogP) is 3.25. The van der Waals surface area contributed by atoms with Gasteiger partial charge in [0.25, 0.3) is 0 Å². The molecule has 0 spiro atoms. The summed E-state index contributed by atoms with van der Waals surface area (Å²) >= 11 is 0. The van der Waals surface area contributed by atoms with Crippen molar-refractivity contribution in [2.24, 2.45) is 10.9 Å². The van der Waals surface area contributed by atoms with Crippen LogP contribution in [0.4, 0.5) is 5.69 Å². The largest absolute Gasteiger partial charge is 0.493 e. The topological polar surface area (TPSA) is 75.1 Å². The van der Waals surface area contributed by atoms with E-state index in [0.717, 1.165) is 37.2 Å². The third-order valence-electron chi connectivity index (χ3n) is 4.17. The summed E-state index contributed by atoms with van der Waals surface area (Å²) in [5, 5.41) is 16.4. The Hall–Kier alpha value is -1.22. The van der Waals surface area contributed by atoms with Crippen LogP contribution in [0.2, 0.25) is 0 Å². The highest BCUT2D eigenvalue weighted by atomic mass is 127. The van der Waals surface area contributed by atoms with Crippen LogP contribution in [0, 0.1) is 5.92 Å². The molecule has 1 aromatic carbocycles. The maximum Gasteiger partial charge on any atom is 0.195 e. The third-order valence-corrected chi connectivity index (χ3v) is 4.17. The van der Waals surface area contributed by atoms with Crippen LogP contribution >= 0.6 is 24.0 Å². The second-order valence-electron chi connectivity index (χ2n) is 5.90. The highest BCUT2D eigenvalue weighted by Crippen LogP contribution is 2.30. The second-order valence-corrected chi connectivity index (χ2v) is 5.90. The zero-order valence-electron chi connectivity index (χ0n) is 15.2. The van der Waals surface area contributed by atoms with Crippen molar-refractivity contribution in [3.63, 3.8) is 0 Å². The molecule has 2 rings (SSSR count). The Balaban J connectivity index is 0.00000312. The molecule has 7 heteroatoms. The Morgan fingerprint density at radius 3 is 2.68 bits per heavy atom. The lowest BCUT2D eigenvalue weighted by Crippen LogP contribution is -2.31. The number of hydrogen-bond acceptors (Lipinski definition) is 4. The highest BCUT2D eigenvalue weighted by molar-refractivity contribution is 14.0. The lowest BCUT2D eigenvalue weighted by Gasteiger charge is -2.16. The van der Waals surface area contributed by atoms with E-state index in [1.165, 1.54) is 0 Å². The predicted molar refractivity (Wildman–Crippen MR) is 113 cm³/mol. The van der Waals surface area contributed by atoms with Crippen molar-refractivity contribution >= 4 is 35.6 Å². The fraction of sp³-hybridized carbons (Fsp3) is 0.611. The average molecular weight is 463 g/mol. The van der Waals surface area contributed by atoms with Gasteiger partial charge in [-0.15, -0.1) is 24.0 Å². The van der Waals surface area contributed by atoms with E-state index in [4.69, 9.17) is 9.47 Å². The van der Waals surface area contributed by atoms with Crippen LogP contribution in [0.15, 0.2) is 23.2 Å². The quantitative estimate of drug-likeness (QED) is 0.329. The van der Waals surface area contributed by atoms with Gasteiger partial charge in [-0.1, -0.05) is 6.42 Å². The first-order chi connectivity index (χ1) is 11.7. The SMILES string of the molecule is CCNC(=NCC1CCCC1O)Nc1ccc(OCC)c(OC)c1.I. The number of benzene rings is 1. The molecule has 1 saturated carbocycles. The van der Waals surface area contributed by atoms with Crippen LogP contribution < -0.4 is 20.1 Å². The molecule has 0 aromatic heterocycles. The van der Waals surface area contributed by atoms with Crippen molar-refractivity contribution < 1.29 is 14.6 Å². The van der Waals surface area contributed by atoms with Crippen LogP contribution in [0.3, 0.4) is 0 Å². The minimum atomic E-state index is -0.220. The Morgan fingerprint density at radius 1 is 1.28 bits per heavy atom. The van der Waals surface area contributed by atoms with Crippen molar-refractivity contribution in [2.45, 2.75) is 39.2 Å². The monoisotopic (exact) mass is 463 g/mol. The molecule has 0 bridgehead atoms. The molecule has 0 radical (unpaired) electrons. The van der Waals surface area contributed by atoms with E-state index in [1.54, 1.807) is 7.11 Å². The van der Waals surface area contributed by atoms with E-state index in [9.17, 15) is 5.11 Å². The Kier molecular flexibility index (Phi) is 9.96. The van der Waals surface area contributed by atoms with Gasteiger partial charge in [-0.05, 0) is 38.8 Å². The average Bonchev–Trinajstić information content (AvgIpc) is 2.99. The summed E-state index contributed by atoms with van der Waals surface area (Å²) in [6, 6.07) is 5.71. The molecule has 2 unspecified atom stereocenters. The summed E-state index contributed by atoms with van der Waals surface area (Å²) in [5.41, 5.74) is 0.877. The van der Waals surface area contributed by atoms with Crippen molar-refractivity contribution in [1.29, 1.82) is 0 Å². The first-order valence-corrected chi connectivity index (χ1v) is 8.72. The number of halogens is 1. The van der Waals surface area contributed by atoms with Crippen LogP contribution in [-0.4, -0.2) is 44.0 Å². The number of rotatable bonds is 7. The molecule has 3 N–H and O–H groups in total. The Morgan fingerprint density at radius 2 is 2.08 bits per heavy atom. The third kappa shape index (κ3) is 6.54. The number of aliphatic hydroxyl groups is 1. The van der Waals surface area contributed by atoms with Crippen LogP contribution in [-0.2, 0) is 0 Å². The van der Waals surface area contributed by atoms with Gasteiger partial charge >= 0.3 is 0 Å². The van der Waals surface area contributed by atoms with Gasteiger partial charge in [0.15, 0.2) is 17.5 Å². The maximum absolute atomic E-state index is 9.93. The maximum atomic E-state index is 9.93. The minimum absolute atomic E-state index is 0. The standard InChI is InChI=1S/C18H29N3O3.HI/c1-4-19-18(20-12-13-7-6-8-15(13)22)21-14-9-10-16(24-5-2)17(11-14)23-3;/h9-11,13,15,22H,4-8,12H2,1-3H3,(H2,19,20,21);1H. The van der Waals surface area contributed by atoms with Crippen molar-refractivity contribution in [3.8, 4) is 11.5 Å². The van der Waals surface area contributed by atoms with E-state index in [0.29, 0.717) is 24.9 Å². The molecule has 25 heavy (non-hydrogen) atoms. The number of ether oxygens (including phenoxy) is 2. The van der Waals surface area contributed by atoms with E-state index in [-0.39, 0.29) is 36.0 Å². The summed E-state index contributed by atoms with van der Waals surface area (Å²) in [5.74, 6) is 2.38. The number of aliphatic hydroxyl groups excluding tert-OH is 1. The fourth-order valence-electron chi connectivity index (χ4n) is 2.90. The Labute approximate surface area is 167 Å². The van der Waals surface area contributed by atoms with E-state index in [2.05, 4.69) is 15.6 Å². The zero-order valence-corrected chi connectivity index (χ0v) is 17.6. The molecule has 1 aromatic rings. The summed E-state index contributed by atoms with van der Waals surface area (Å²) in [6.45, 7) is 5.97. The molecule has 1 fully saturated rings. The van der Waals surface area contributed by atoms with Crippen LogP contribution in [0.25, 0.3) is 0 Å². The number of nitrogens with one attached hydrogen (secondary N) is 2. The van der Waals surface area contributed by atoms with Crippen molar-refractivity contribution in [3.05, 3.63) is 18.2 Å². The number of anilines is 1. The van der Waals surface area contributed by atoms with Gasteiger partial charge in [0.1, 0.15) is 0 Å². The normalized spacial score (nSPS) is 19.9. The fourth-order valence-corrected chi connectivity index (χ4v) is 2.90. The van der Waals surface area contributed by atoms with E-state index in [1.807, 2.05) is 32.0 Å². The highest BCUT2D eigenvalue weighted by Gasteiger charge is 2.24. The molecular weight excluding hydrogens is 433 g/mol. The zero-order chi connectivity index (χ0) is 17.4. The lowest BCUT2D eigenvalue weighted by atomic mass is 10.1. The van der Waals surface area contributed by atoms with Gasteiger partial charge in [-0.2, -0.15) is 0 Å². The number of methoxy groups -OCH3 is 1. The minimum Gasteiger partial charge on any atom is -0.493 e. The Bertz CT molecular complexity index is 554. The van der Waals surface area contributed by atoms with Crippen LogP contribution in [0.5, 0.6) is 11.5 Å². The molecule has 0 saturated heterocycles. The molecule has 0 amide bonds. The lowest BCUT2D eigenvalue weighted by molar-refractivity contribution is 0.137. The molecule has 6 nitrogen and oxygen atoms in total. The first kappa shape index (κ1) is 21.8. The number of guanidine groups is 1. The molecule has 2 atom stereocenters. The number of aliphatic imine (C=N–C) groups is 1. The summed E-state index contributed by atoms with van der Waals surface area (Å²) in [6.07, 6.45) is 2.80. The first-order valence-electron chi connectivity index (χ1n) is 8.72. The molecule has 142 valence electrons. The number of nitrogens with zero attached hydrogens (tertiary/aromatic N) is 1. The molecule has 0 heterocycles. The van der Waals surface area contributed by atoms with Gasteiger partial charge in [0.05, 0.1) is 19.8 Å². The van der Waals surface area contributed by atoms with Crippen molar-refractivity contribution in [2.75, 3.05) is 32.1 Å². The van der Waals surface area contributed by atoms with Gasteiger partial charge in [-0.3, -0.25) is 4.99 Å². The smallest absolute Gasteiger partial charge is 0.195 e. The van der Waals surface area contributed by atoms with Gasteiger partial charge in [-0.25, -0.2) is 0 Å². The summed E-state index contributed by atoms with van der Waals surface area (Å²) in [7, 11) is 1.63. The number of hydrogen-bond donors (Lipinski definition) is 3. The van der Waals surface area contributed by atoms with Gasteiger partial charge < -0.3 is 25.2 Å². The van der Waals surface area contributed by atoms with Crippen LogP contribution in [0.1, 0.15) is 33.1 Å². The summed E-state index contributed by atoms with van der Waals surface area (Å²) < 4.78 is 10.9. The molecule has 1 aliphatic carbocycles. The van der Waals surface area contributed by atoms with Crippen molar-refractivity contribution in [1.82, 2.24) is 5.32 Å².